The topological polar surface area (TPSA) is 176 Å². The summed E-state index contributed by atoms with van der Waals surface area (Å²) in [5.41, 5.74) is 6.36. The summed E-state index contributed by atoms with van der Waals surface area (Å²) in [4.78, 5) is 35.0. The second-order valence-electron chi connectivity index (χ2n) is 7.32. The molecule has 3 heterocycles. The van der Waals surface area contributed by atoms with Crippen LogP contribution >= 0.6 is 7.82 Å². The molecule has 0 bridgehead atoms. The molecular weight excluding hydrogens is 473 g/mol. The summed E-state index contributed by atoms with van der Waals surface area (Å²) in [7, 11) is -2.65. The average Bonchev–Trinajstić information content (AvgIpc) is 3.42. The number of carbonyl (C=O) groups is 2. The van der Waals surface area contributed by atoms with Crippen molar-refractivity contribution in [3.8, 4) is 5.88 Å². The number of carbonyl (C=O) groups excluding carboxylic acids is 2. The van der Waals surface area contributed by atoms with Crippen molar-refractivity contribution in [2.45, 2.75) is 51.9 Å². The normalized spacial score (nSPS) is 19.7. The zero-order valence-electron chi connectivity index (χ0n) is 19.2. The molecule has 0 aromatic carbocycles. The first-order valence-corrected chi connectivity index (χ1v) is 12.1. The van der Waals surface area contributed by atoms with Gasteiger partial charge in [0.05, 0.1) is 25.6 Å². The number of hydrogen-bond acceptors (Lipinski definition) is 13. The van der Waals surface area contributed by atoms with E-state index in [1.807, 2.05) is 6.92 Å². The molecule has 2 aromatic heterocycles. The van der Waals surface area contributed by atoms with Crippen LogP contribution in [0, 0.1) is 0 Å². The van der Waals surface area contributed by atoms with E-state index < -0.39 is 26.1 Å². The molecule has 0 spiro atoms. The highest BCUT2D eigenvalue weighted by molar-refractivity contribution is 7.48. The lowest BCUT2D eigenvalue weighted by Gasteiger charge is -2.19. The molecule has 0 amide bonds. The number of phosphoric ester groups is 1. The molecule has 0 radical (unpaired) electrons. The summed E-state index contributed by atoms with van der Waals surface area (Å²) in [5, 5.41) is 0. The molecule has 1 aliphatic rings. The molecule has 2 aromatic rings. The second kappa shape index (κ2) is 11.7. The van der Waals surface area contributed by atoms with Crippen molar-refractivity contribution in [3.05, 3.63) is 6.33 Å². The molecule has 14 nitrogen and oxygen atoms in total. The fraction of sp³-hybridized carbons (Fsp3) is 0.632. The summed E-state index contributed by atoms with van der Waals surface area (Å²) in [6.07, 6.45) is 2.75. The molecule has 15 heteroatoms. The molecule has 3 rings (SSSR count). The van der Waals surface area contributed by atoms with Crippen LogP contribution in [-0.2, 0) is 37.2 Å². The van der Waals surface area contributed by atoms with E-state index >= 15 is 0 Å². The van der Waals surface area contributed by atoms with Crippen molar-refractivity contribution < 1.29 is 41.9 Å². The van der Waals surface area contributed by atoms with E-state index in [0.29, 0.717) is 31.3 Å². The Morgan fingerprint density at radius 1 is 1.26 bits per heavy atom. The summed E-state index contributed by atoms with van der Waals surface area (Å²) in [5.74, 6) is -1.04. The predicted molar refractivity (Wildman–Crippen MR) is 117 cm³/mol. The minimum absolute atomic E-state index is 0.0369. The third-order valence-electron chi connectivity index (χ3n) is 4.73. The standard InChI is InChI=1S/C19H28N5O9P/c1-4-5-15(26)29-8-9-30-34(27,28-3)31-10-13-6-7-14(33-13)24-11-21-16-17(24)22-19(20)23-18(16)32-12(2)25/h11,13-14H,4-10H2,1-3H3,(H2,20,22,23)/t13-,14+,34?/m0/s1. The number of ether oxygens (including phenoxy) is 3. The summed E-state index contributed by atoms with van der Waals surface area (Å²) < 4.78 is 45.7. The highest BCUT2D eigenvalue weighted by Crippen LogP contribution is 2.49. The Bertz CT molecular complexity index is 1060. The maximum Gasteiger partial charge on any atom is 0.474 e. The van der Waals surface area contributed by atoms with E-state index in [1.165, 1.54) is 20.4 Å². The van der Waals surface area contributed by atoms with Gasteiger partial charge in [0.25, 0.3) is 5.88 Å². The maximum atomic E-state index is 12.6. The minimum Gasteiger partial charge on any atom is -0.463 e. The van der Waals surface area contributed by atoms with Gasteiger partial charge in [-0.15, -0.1) is 0 Å². The maximum absolute atomic E-state index is 12.6. The highest BCUT2D eigenvalue weighted by atomic mass is 31.2. The number of anilines is 1. The van der Waals surface area contributed by atoms with E-state index in [-0.39, 0.29) is 43.1 Å². The third kappa shape index (κ3) is 6.70. The van der Waals surface area contributed by atoms with Crippen LogP contribution < -0.4 is 10.5 Å². The first kappa shape index (κ1) is 26.0. The number of phosphoric acid groups is 1. The Labute approximate surface area is 195 Å². The van der Waals surface area contributed by atoms with Gasteiger partial charge in [0.1, 0.15) is 12.8 Å². The average molecular weight is 501 g/mol. The largest absolute Gasteiger partial charge is 0.474 e. The minimum atomic E-state index is -3.85. The van der Waals surface area contributed by atoms with Crippen molar-refractivity contribution in [1.29, 1.82) is 0 Å². The molecule has 1 fully saturated rings. The smallest absolute Gasteiger partial charge is 0.463 e. The SMILES string of the molecule is CCCC(=O)OCCOP(=O)(OC)OC[C@@H]1CC[C@H](n2cnc3c(OC(C)=O)nc(N)nc32)O1. The number of nitrogens with two attached hydrogens (primary N) is 1. The van der Waals surface area contributed by atoms with Crippen LogP contribution in [-0.4, -0.2) is 64.5 Å². The van der Waals surface area contributed by atoms with E-state index in [0.717, 1.165) is 0 Å². The molecule has 1 saturated heterocycles. The van der Waals surface area contributed by atoms with Crippen LogP contribution in [0.25, 0.3) is 11.2 Å². The van der Waals surface area contributed by atoms with Gasteiger partial charge in [0.15, 0.2) is 11.2 Å². The van der Waals surface area contributed by atoms with E-state index in [4.69, 9.17) is 33.5 Å². The lowest BCUT2D eigenvalue weighted by Crippen LogP contribution is -2.17. The van der Waals surface area contributed by atoms with Gasteiger partial charge in [-0.2, -0.15) is 9.97 Å². The predicted octanol–water partition coefficient (Wildman–Crippen LogP) is 2.14. The van der Waals surface area contributed by atoms with E-state index in [9.17, 15) is 14.2 Å². The number of imidazole rings is 1. The number of nitrogen functional groups attached to an aromatic ring is 1. The second-order valence-corrected chi connectivity index (χ2v) is 9.10. The highest BCUT2D eigenvalue weighted by Gasteiger charge is 2.33. The zero-order valence-corrected chi connectivity index (χ0v) is 20.1. The first-order valence-electron chi connectivity index (χ1n) is 10.7. The molecule has 1 aliphatic heterocycles. The van der Waals surface area contributed by atoms with Crippen molar-refractivity contribution >= 4 is 36.9 Å². The van der Waals surface area contributed by atoms with Crippen LogP contribution in [0.4, 0.5) is 5.95 Å². The molecule has 0 saturated carbocycles. The molecule has 34 heavy (non-hydrogen) atoms. The van der Waals surface area contributed by atoms with Crippen LogP contribution in [0.15, 0.2) is 6.33 Å². The number of fused-ring (bicyclic) bond motifs is 1. The number of aromatic nitrogens is 4. The van der Waals surface area contributed by atoms with Crippen LogP contribution in [0.3, 0.4) is 0 Å². The van der Waals surface area contributed by atoms with Crippen LogP contribution in [0.1, 0.15) is 45.8 Å². The fourth-order valence-corrected chi connectivity index (χ4v) is 4.17. The number of rotatable bonds is 12. The third-order valence-corrected chi connectivity index (χ3v) is 6.15. The first-order chi connectivity index (χ1) is 16.2. The summed E-state index contributed by atoms with van der Waals surface area (Å²) in [6.45, 7) is 2.85. The van der Waals surface area contributed by atoms with Gasteiger partial charge in [0, 0.05) is 20.5 Å². The van der Waals surface area contributed by atoms with Gasteiger partial charge >= 0.3 is 19.8 Å². The zero-order chi connectivity index (χ0) is 24.7. The van der Waals surface area contributed by atoms with Crippen molar-refractivity contribution in [2.75, 3.05) is 32.7 Å². The van der Waals surface area contributed by atoms with Gasteiger partial charge in [-0.25, -0.2) is 9.55 Å². The number of hydrogen-bond donors (Lipinski definition) is 1. The molecule has 1 unspecified atom stereocenters. The Hall–Kier alpha value is -2.64. The number of nitrogens with zero attached hydrogens (tertiary/aromatic N) is 4. The van der Waals surface area contributed by atoms with E-state index in [1.54, 1.807) is 4.57 Å². The van der Waals surface area contributed by atoms with Gasteiger partial charge in [0.2, 0.25) is 5.95 Å². The monoisotopic (exact) mass is 501 g/mol. The lowest BCUT2D eigenvalue weighted by molar-refractivity contribution is -0.144. The lowest BCUT2D eigenvalue weighted by atomic mass is 10.2. The Morgan fingerprint density at radius 3 is 2.76 bits per heavy atom. The molecule has 0 aliphatic carbocycles. The quantitative estimate of drug-likeness (QED) is 0.254. The molecular formula is C19H28N5O9P. The van der Waals surface area contributed by atoms with Gasteiger partial charge < -0.3 is 19.9 Å². The van der Waals surface area contributed by atoms with Gasteiger partial charge in [-0.1, -0.05) is 6.92 Å². The van der Waals surface area contributed by atoms with Crippen molar-refractivity contribution in [1.82, 2.24) is 19.5 Å². The van der Waals surface area contributed by atoms with Crippen LogP contribution in [0.5, 0.6) is 5.88 Å². The molecule has 3 atom stereocenters. The van der Waals surface area contributed by atoms with Crippen molar-refractivity contribution in [2.24, 2.45) is 0 Å². The Morgan fingerprint density at radius 2 is 2.06 bits per heavy atom. The van der Waals surface area contributed by atoms with E-state index in [2.05, 4.69) is 15.0 Å². The van der Waals surface area contributed by atoms with Gasteiger partial charge in [-0.05, 0) is 19.3 Å². The Kier molecular flexibility index (Phi) is 8.91. The Balaban J connectivity index is 1.56. The molecule has 188 valence electrons. The van der Waals surface area contributed by atoms with Gasteiger partial charge in [-0.3, -0.25) is 27.7 Å². The fourth-order valence-electron chi connectivity index (χ4n) is 3.24. The summed E-state index contributed by atoms with van der Waals surface area (Å²) >= 11 is 0. The van der Waals surface area contributed by atoms with Crippen molar-refractivity contribution in [3.63, 3.8) is 0 Å². The van der Waals surface area contributed by atoms with Crippen LogP contribution in [0.2, 0.25) is 0 Å². The number of esters is 2. The summed E-state index contributed by atoms with van der Waals surface area (Å²) in [6, 6.07) is 0. The molecule has 2 N–H and O–H groups in total.